The molecule has 3 nitrogen and oxygen atoms in total. The minimum Gasteiger partial charge on any atom is -0.342 e. The largest absolute Gasteiger partial charge is 0.342 e. The van der Waals surface area contributed by atoms with Gasteiger partial charge >= 0.3 is 0 Å². The van der Waals surface area contributed by atoms with Crippen molar-refractivity contribution >= 4 is 5.91 Å². The highest BCUT2D eigenvalue weighted by atomic mass is 19.1. The molecule has 0 spiro atoms. The average Bonchev–Trinajstić information content (AvgIpc) is 2.51. The minimum absolute atomic E-state index is 0.0834. The Kier molecular flexibility index (Phi) is 7.62. The van der Waals surface area contributed by atoms with E-state index in [0.29, 0.717) is 12.3 Å². The van der Waals surface area contributed by atoms with Crippen molar-refractivity contribution in [2.75, 3.05) is 13.1 Å². The number of nitrogens with two attached hydrogens (primary N) is 1. The first-order valence-corrected chi connectivity index (χ1v) is 7.65. The van der Waals surface area contributed by atoms with Crippen LogP contribution in [0.25, 0.3) is 0 Å². The molecule has 0 unspecified atom stereocenters. The second-order valence-electron chi connectivity index (χ2n) is 5.86. The Morgan fingerprint density at radius 2 is 2.05 bits per heavy atom. The molecule has 1 heterocycles. The Morgan fingerprint density at radius 1 is 1.41 bits per heavy atom. The van der Waals surface area contributed by atoms with Gasteiger partial charge in [0.15, 0.2) is 0 Å². The summed E-state index contributed by atoms with van der Waals surface area (Å²) in [5.41, 5.74) is 6.83. The number of carbonyl (C=O) groups excluding carboxylic acids is 1. The van der Waals surface area contributed by atoms with E-state index in [0.717, 1.165) is 37.9 Å². The van der Waals surface area contributed by atoms with E-state index in [1.165, 1.54) is 12.1 Å². The number of likely N-dealkylation sites (tertiary alicyclic amines) is 1. The summed E-state index contributed by atoms with van der Waals surface area (Å²) in [6.45, 7) is 3.49. The van der Waals surface area contributed by atoms with E-state index in [2.05, 4.69) is 12.8 Å². The maximum absolute atomic E-state index is 12.9. The van der Waals surface area contributed by atoms with E-state index in [1.807, 2.05) is 24.0 Å². The van der Waals surface area contributed by atoms with Gasteiger partial charge in [0.25, 0.3) is 0 Å². The van der Waals surface area contributed by atoms with Gasteiger partial charge in [-0.3, -0.25) is 4.79 Å². The van der Waals surface area contributed by atoms with Gasteiger partial charge in [-0.2, -0.15) is 0 Å². The SMILES string of the molecule is C#C.C[C@@H](N)CC(=O)N1CCC[C@@H](Cc2ccc(F)cc2)C1. The first-order chi connectivity index (χ1) is 10.5. The summed E-state index contributed by atoms with van der Waals surface area (Å²) in [6, 6.07) is 6.57. The van der Waals surface area contributed by atoms with Crippen molar-refractivity contribution in [2.45, 2.75) is 38.6 Å². The van der Waals surface area contributed by atoms with Crippen LogP contribution in [0.15, 0.2) is 24.3 Å². The van der Waals surface area contributed by atoms with Crippen LogP contribution in [-0.4, -0.2) is 29.9 Å². The zero-order valence-corrected chi connectivity index (χ0v) is 13.2. The summed E-state index contributed by atoms with van der Waals surface area (Å²) in [4.78, 5) is 14.0. The van der Waals surface area contributed by atoms with Gasteiger partial charge in [0.05, 0.1) is 0 Å². The molecule has 0 saturated carbocycles. The van der Waals surface area contributed by atoms with Crippen LogP contribution in [0.2, 0.25) is 0 Å². The smallest absolute Gasteiger partial charge is 0.224 e. The minimum atomic E-state index is -0.203. The summed E-state index contributed by atoms with van der Waals surface area (Å²) >= 11 is 0. The third kappa shape index (κ3) is 5.87. The first kappa shape index (κ1) is 18.2. The predicted octanol–water partition coefficient (Wildman–Crippen LogP) is 2.59. The number of amides is 1. The number of terminal acetylenes is 1. The van der Waals surface area contributed by atoms with Gasteiger partial charge in [-0.1, -0.05) is 12.1 Å². The molecule has 1 aromatic rings. The van der Waals surface area contributed by atoms with Gasteiger partial charge in [0.1, 0.15) is 5.82 Å². The molecule has 2 rings (SSSR count). The molecular formula is C18H25FN2O. The molecule has 1 amide bonds. The van der Waals surface area contributed by atoms with Crippen LogP contribution in [-0.2, 0) is 11.2 Å². The van der Waals surface area contributed by atoms with E-state index in [1.54, 1.807) is 0 Å². The normalized spacial score (nSPS) is 19.0. The molecule has 22 heavy (non-hydrogen) atoms. The molecular weight excluding hydrogens is 279 g/mol. The zero-order valence-electron chi connectivity index (χ0n) is 13.2. The lowest BCUT2D eigenvalue weighted by molar-refractivity contribution is -0.133. The Hall–Kier alpha value is -1.86. The molecule has 120 valence electrons. The summed E-state index contributed by atoms with van der Waals surface area (Å²) in [7, 11) is 0. The van der Waals surface area contributed by atoms with Gasteiger partial charge in [-0.05, 0) is 49.8 Å². The van der Waals surface area contributed by atoms with Crippen LogP contribution >= 0.6 is 0 Å². The number of hydrogen-bond donors (Lipinski definition) is 1. The van der Waals surface area contributed by atoms with Crippen molar-refractivity contribution < 1.29 is 9.18 Å². The second-order valence-corrected chi connectivity index (χ2v) is 5.86. The van der Waals surface area contributed by atoms with Gasteiger partial charge < -0.3 is 10.6 Å². The summed E-state index contributed by atoms with van der Waals surface area (Å²) < 4.78 is 12.9. The fourth-order valence-corrected chi connectivity index (χ4v) is 2.82. The highest BCUT2D eigenvalue weighted by Crippen LogP contribution is 2.21. The molecule has 4 heteroatoms. The maximum atomic E-state index is 12.9. The van der Waals surface area contributed by atoms with Gasteiger partial charge in [-0.25, -0.2) is 4.39 Å². The molecule has 0 aromatic heterocycles. The molecule has 1 saturated heterocycles. The van der Waals surface area contributed by atoms with E-state index < -0.39 is 0 Å². The van der Waals surface area contributed by atoms with Crippen LogP contribution in [0.1, 0.15) is 31.7 Å². The molecule has 0 aliphatic carbocycles. The summed E-state index contributed by atoms with van der Waals surface area (Å²) in [5, 5.41) is 0. The van der Waals surface area contributed by atoms with Gasteiger partial charge in [0, 0.05) is 25.6 Å². The van der Waals surface area contributed by atoms with Crippen molar-refractivity contribution in [3.8, 4) is 12.8 Å². The maximum Gasteiger partial charge on any atom is 0.224 e. The van der Waals surface area contributed by atoms with Gasteiger partial charge in [0.2, 0.25) is 5.91 Å². The van der Waals surface area contributed by atoms with Crippen molar-refractivity contribution in [3.05, 3.63) is 35.6 Å². The molecule has 1 fully saturated rings. The third-order valence-electron chi connectivity index (χ3n) is 3.81. The summed E-state index contributed by atoms with van der Waals surface area (Å²) in [5.74, 6) is 0.418. The fourth-order valence-electron chi connectivity index (χ4n) is 2.82. The number of piperidine rings is 1. The quantitative estimate of drug-likeness (QED) is 0.869. The Bertz CT molecular complexity index is 482. The van der Waals surface area contributed by atoms with Crippen molar-refractivity contribution in [3.63, 3.8) is 0 Å². The lowest BCUT2D eigenvalue weighted by Gasteiger charge is -2.33. The topological polar surface area (TPSA) is 46.3 Å². The molecule has 1 aromatic carbocycles. The predicted molar refractivity (Wildman–Crippen MR) is 87.6 cm³/mol. The zero-order chi connectivity index (χ0) is 16.5. The number of carbonyl (C=O) groups is 1. The van der Waals surface area contributed by atoms with Crippen molar-refractivity contribution in [1.29, 1.82) is 0 Å². The number of hydrogen-bond acceptors (Lipinski definition) is 2. The van der Waals surface area contributed by atoms with E-state index in [-0.39, 0.29) is 17.8 Å². The molecule has 1 aliphatic heterocycles. The molecule has 0 radical (unpaired) electrons. The molecule has 2 atom stereocenters. The molecule has 2 N–H and O–H groups in total. The Balaban J connectivity index is 0.00000116. The highest BCUT2D eigenvalue weighted by molar-refractivity contribution is 5.76. The van der Waals surface area contributed by atoms with Crippen LogP contribution in [0, 0.1) is 24.6 Å². The molecule has 1 aliphatic rings. The number of nitrogens with zero attached hydrogens (tertiary/aromatic N) is 1. The first-order valence-electron chi connectivity index (χ1n) is 7.65. The standard InChI is InChI=1S/C16H23FN2O.C2H2/c1-12(18)9-16(20)19-8-2-3-14(11-19)10-13-4-6-15(17)7-5-13;1-2/h4-7,12,14H,2-3,8-11,18H2,1H3;1-2H/t12-,14+;/m1./s1. The fraction of sp³-hybridized carbons (Fsp3) is 0.500. The van der Waals surface area contributed by atoms with E-state index in [9.17, 15) is 9.18 Å². The van der Waals surface area contributed by atoms with Crippen LogP contribution in [0.5, 0.6) is 0 Å². The third-order valence-corrected chi connectivity index (χ3v) is 3.81. The molecule has 0 bridgehead atoms. The van der Waals surface area contributed by atoms with Crippen molar-refractivity contribution in [2.24, 2.45) is 11.7 Å². The van der Waals surface area contributed by atoms with Crippen LogP contribution in [0.4, 0.5) is 4.39 Å². The lowest BCUT2D eigenvalue weighted by Crippen LogP contribution is -2.42. The number of halogens is 1. The van der Waals surface area contributed by atoms with E-state index >= 15 is 0 Å². The number of benzene rings is 1. The second kappa shape index (κ2) is 9.22. The lowest BCUT2D eigenvalue weighted by atomic mass is 9.91. The van der Waals surface area contributed by atoms with Crippen molar-refractivity contribution in [1.82, 2.24) is 4.90 Å². The van der Waals surface area contributed by atoms with Crippen LogP contribution < -0.4 is 5.73 Å². The highest BCUT2D eigenvalue weighted by Gasteiger charge is 2.24. The Morgan fingerprint density at radius 3 is 2.64 bits per heavy atom. The van der Waals surface area contributed by atoms with Crippen LogP contribution in [0.3, 0.4) is 0 Å². The van der Waals surface area contributed by atoms with E-state index in [4.69, 9.17) is 5.73 Å². The number of rotatable bonds is 4. The monoisotopic (exact) mass is 304 g/mol. The Labute approximate surface area is 132 Å². The average molecular weight is 304 g/mol. The summed E-state index contributed by atoms with van der Waals surface area (Å²) in [6.07, 6.45) is 11.5. The van der Waals surface area contributed by atoms with Gasteiger partial charge in [-0.15, -0.1) is 12.8 Å².